The molecule has 0 aliphatic heterocycles. The van der Waals surface area contributed by atoms with Crippen LogP contribution in [0.15, 0.2) is 30.3 Å². The second-order valence-electron chi connectivity index (χ2n) is 5.75. The summed E-state index contributed by atoms with van der Waals surface area (Å²) in [6.07, 6.45) is -0.849. The molecule has 3 aromatic rings. The molecule has 136 valence electrons. The molecule has 6 nitrogen and oxygen atoms in total. The fraction of sp³-hybridized carbons (Fsp3) is 0.278. The number of hydrogen-bond acceptors (Lipinski definition) is 5. The van der Waals surface area contributed by atoms with Gasteiger partial charge in [0.1, 0.15) is 9.71 Å². The highest BCUT2D eigenvalue weighted by molar-refractivity contribution is 7.20. The van der Waals surface area contributed by atoms with Gasteiger partial charge >= 0.3 is 5.97 Å². The number of nitrogens with zero attached hydrogens (tertiary/aromatic N) is 2. The second kappa shape index (κ2) is 7.47. The summed E-state index contributed by atoms with van der Waals surface area (Å²) in [5, 5.41) is 8.63. The number of hydrogen-bond donors (Lipinski definition) is 1. The standard InChI is InChI=1S/C18H18ClN3O3S/c1-4-20-16(23)11(3)25-18(24)15-9-14-10(2)21-22(17(14)26-15)13-7-5-6-12(19)8-13/h5-9,11H,4H2,1-3H3,(H,20,23)/t11-/m0/s1. The lowest BCUT2D eigenvalue weighted by Gasteiger charge is -2.11. The lowest BCUT2D eigenvalue weighted by molar-refractivity contribution is -0.128. The lowest BCUT2D eigenvalue weighted by atomic mass is 10.3. The van der Waals surface area contributed by atoms with E-state index in [1.807, 2.05) is 32.0 Å². The van der Waals surface area contributed by atoms with Crippen molar-refractivity contribution >= 4 is 45.0 Å². The number of thiophene rings is 1. The Bertz CT molecular complexity index is 979. The number of carbonyl (C=O) groups excluding carboxylic acids is 2. The number of esters is 1. The van der Waals surface area contributed by atoms with Crippen LogP contribution in [-0.4, -0.2) is 34.3 Å². The van der Waals surface area contributed by atoms with Crippen molar-refractivity contribution in [1.82, 2.24) is 15.1 Å². The van der Waals surface area contributed by atoms with Crippen LogP contribution >= 0.6 is 22.9 Å². The van der Waals surface area contributed by atoms with Gasteiger partial charge in [-0.25, -0.2) is 9.48 Å². The molecule has 0 saturated carbocycles. The molecule has 1 aromatic carbocycles. The number of likely N-dealkylation sites (N-methyl/N-ethyl adjacent to an activating group) is 1. The Morgan fingerprint density at radius 3 is 2.85 bits per heavy atom. The van der Waals surface area contributed by atoms with Gasteiger partial charge in [0.15, 0.2) is 6.10 Å². The molecule has 1 N–H and O–H groups in total. The fourth-order valence-electron chi connectivity index (χ4n) is 2.52. The van der Waals surface area contributed by atoms with Gasteiger partial charge in [-0.2, -0.15) is 5.10 Å². The number of amides is 1. The molecule has 1 atom stereocenters. The fourth-order valence-corrected chi connectivity index (χ4v) is 3.77. The predicted molar refractivity (Wildman–Crippen MR) is 102 cm³/mol. The molecule has 0 unspecified atom stereocenters. The minimum atomic E-state index is -0.849. The first kappa shape index (κ1) is 18.4. The third-order valence-corrected chi connectivity index (χ3v) is 5.13. The lowest BCUT2D eigenvalue weighted by Crippen LogP contribution is -2.35. The minimum Gasteiger partial charge on any atom is -0.448 e. The Hall–Kier alpha value is -2.38. The third-order valence-electron chi connectivity index (χ3n) is 3.80. The van der Waals surface area contributed by atoms with Crippen LogP contribution in [0.5, 0.6) is 0 Å². The Kier molecular flexibility index (Phi) is 5.29. The van der Waals surface area contributed by atoms with Crippen molar-refractivity contribution in [2.24, 2.45) is 0 Å². The maximum atomic E-state index is 12.4. The number of aryl methyl sites for hydroxylation is 1. The first-order valence-corrected chi connectivity index (χ1v) is 9.34. The van der Waals surface area contributed by atoms with E-state index in [2.05, 4.69) is 10.4 Å². The highest BCUT2D eigenvalue weighted by Crippen LogP contribution is 2.31. The average molecular weight is 392 g/mol. The summed E-state index contributed by atoms with van der Waals surface area (Å²) in [5.41, 5.74) is 1.61. The zero-order valence-corrected chi connectivity index (χ0v) is 16.1. The second-order valence-corrected chi connectivity index (χ2v) is 7.22. The molecule has 3 rings (SSSR count). The number of benzene rings is 1. The number of fused-ring (bicyclic) bond motifs is 1. The summed E-state index contributed by atoms with van der Waals surface area (Å²) in [7, 11) is 0. The van der Waals surface area contributed by atoms with Crippen LogP contribution in [0.4, 0.5) is 0 Å². The topological polar surface area (TPSA) is 73.2 Å². The van der Waals surface area contributed by atoms with Crippen molar-refractivity contribution in [3.63, 3.8) is 0 Å². The smallest absolute Gasteiger partial charge is 0.349 e. The predicted octanol–water partition coefficient (Wildman–Crippen LogP) is 3.73. The van der Waals surface area contributed by atoms with Crippen LogP contribution < -0.4 is 5.32 Å². The van der Waals surface area contributed by atoms with Gasteiger partial charge in [0.2, 0.25) is 0 Å². The van der Waals surface area contributed by atoms with Gasteiger partial charge in [0.05, 0.1) is 11.4 Å². The van der Waals surface area contributed by atoms with Gasteiger partial charge in [-0.3, -0.25) is 4.79 Å². The van der Waals surface area contributed by atoms with Gasteiger partial charge in [0, 0.05) is 17.0 Å². The van der Waals surface area contributed by atoms with E-state index in [0.717, 1.165) is 21.6 Å². The number of halogens is 1. The minimum absolute atomic E-state index is 0.316. The molecule has 0 spiro atoms. The Balaban J connectivity index is 1.91. The van der Waals surface area contributed by atoms with E-state index in [1.165, 1.54) is 11.3 Å². The Morgan fingerprint density at radius 1 is 1.38 bits per heavy atom. The Labute approximate surface area is 159 Å². The molecule has 0 aliphatic rings. The first-order valence-electron chi connectivity index (χ1n) is 8.14. The van der Waals surface area contributed by atoms with E-state index in [4.69, 9.17) is 16.3 Å². The van der Waals surface area contributed by atoms with Gasteiger partial charge in [-0.1, -0.05) is 17.7 Å². The number of carbonyl (C=O) groups is 2. The molecule has 0 radical (unpaired) electrons. The van der Waals surface area contributed by atoms with Crippen LogP contribution in [0.1, 0.15) is 29.2 Å². The molecule has 0 saturated heterocycles. The zero-order chi connectivity index (χ0) is 18.8. The van der Waals surface area contributed by atoms with E-state index in [-0.39, 0.29) is 5.91 Å². The van der Waals surface area contributed by atoms with E-state index in [0.29, 0.717) is 16.4 Å². The van der Waals surface area contributed by atoms with E-state index >= 15 is 0 Å². The molecule has 2 aromatic heterocycles. The highest BCUT2D eigenvalue weighted by atomic mass is 35.5. The number of aromatic nitrogens is 2. The quantitative estimate of drug-likeness (QED) is 0.672. The molecule has 1 amide bonds. The highest BCUT2D eigenvalue weighted by Gasteiger charge is 2.22. The van der Waals surface area contributed by atoms with Gasteiger partial charge in [0.25, 0.3) is 5.91 Å². The normalized spacial score (nSPS) is 12.2. The molecule has 0 fully saturated rings. The molecular weight excluding hydrogens is 374 g/mol. The summed E-state index contributed by atoms with van der Waals surface area (Å²) >= 11 is 7.34. The SMILES string of the molecule is CCNC(=O)[C@H](C)OC(=O)c1cc2c(C)nn(-c3cccc(Cl)c3)c2s1. The third kappa shape index (κ3) is 3.59. The van der Waals surface area contributed by atoms with Gasteiger partial charge in [-0.05, 0) is 45.0 Å². The number of ether oxygens (including phenoxy) is 1. The number of nitrogens with one attached hydrogen (secondary N) is 1. The van der Waals surface area contributed by atoms with Crippen molar-refractivity contribution in [2.75, 3.05) is 6.54 Å². The summed E-state index contributed by atoms with van der Waals surface area (Å²) in [5.74, 6) is -0.842. The van der Waals surface area contributed by atoms with Crippen molar-refractivity contribution in [1.29, 1.82) is 0 Å². The van der Waals surface area contributed by atoms with Crippen LogP contribution in [0, 0.1) is 6.92 Å². The molecule has 26 heavy (non-hydrogen) atoms. The van der Waals surface area contributed by atoms with Gasteiger partial charge < -0.3 is 10.1 Å². The first-order chi connectivity index (χ1) is 12.4. The summed E-state index contributed by atoms with van der Waals surface area (Å²) in [6.45, 7) is 5.72. The molecule has 2 heterocycles. The van der Waals surface area contributed by atoms with Crippen molar-refractivity contribution in [3.8, 4) is 5.69 Å². The van der Waals surface area contributed by atoms with Crippen molar-refractivity contribution < 1.29 is 14.3 Å². The van der Waals surface area contributed by atoms with E-state index in [1.54, 1.807) is 23.7 Å². The number of rotatable bonds is 5. The monoisotopic (exact) mass is 391 g/mol. The molecule has 0 bridgehead atoms. The van der Waals surface area contributed by atoms with Crippen LogP contribution in [-0.2, 0) is 9.53 Å². The van der Waals surface area contributed by atoms with Crippen LogP contribution in [0.3, 0.4) is 0 Å². The molecular formula is C18H18ClN3O3S. The summed E-state index contributed by atoms with van der Waals surface area (Å²) < 4.78 is 7.02. The molecule has 0 aliphatic carbocycles. The van der Waals surface area contributed by atoms with Crippen molar-refractivity contribution in [2.45, 2.75) is 26.9 Å². The molecule has 8 heteroatoms. The van der Waals surface area contributed by atoms with E-state index in [9.17, 15) is 9.59 Å². The van der Waals surface area contributed by atoms with Crippen LogP contribution in [0.25, 0.3) is 15.9 Å². The maximum Gasteiger partial charge on any atom is 0.349 e. The maximum absolute atomic E-state index is 12.4. The van der Waals surface area contributed by atoms with Crippen molar-refractivity contribution in [3.05, 3.63) is 45.9 Å². The summed E-state index contributed by atoms with van der Waals surface area (Å²) in [4.78, 5) is 25.4. The van der Waals surface area contributed by atoms with Gasteiger partial charge in [-0.15, -0.1) is 11.3 Å². The average Bonchev–Trinajstić information content (AvgIpc) is 3.16. The van der Waals surface area contributed by atoms with Crippen LogP contribution in [0.2, 0.25) is 5.02 Å². The summed E-state index contributed by atoms with van der Waals surface area (Å²) in [6, 6.07) is 9.08. The zero-order valence-electron chi connectivity index (χ0n) is 14.6. The van der Waals surface area contributed by atoms with E-state index < -0.39 is 12.1 Å². The Morgan fingerprint density at radius 2 is 2.15 bits per heavy atom. The largest absolute Gasteiger partial charge is 0.448 e.